The minimum absolute atomic E-state index is 0.0953. The van der Waals surface area contributed by atoms with Crippen LogP contribution in [0.1, 0.15) is 0 Å². The number of halogens is 1. The van der Waals surface area contributed by atoms with Gasteiger partial charge in [-0.05, 0) is 36.4 Å². The van der Waals surface area contributed by atoms with Gasteiger partial charge >= 0.3 is 0 Å². The molecular weight excluding hydrogens is 327 g/mol. The maximum absolute atomic E-state index is 13.0. The summed E-state index contributed by atoms with van der Waals surface area (Å²) in [6, 6.07) is 12.9. The van der Waals surface area contributed by atoms with Gasteiger partial charge in [-0.3, -0.25) is 15.2 Å². The number of para-hydroxylation sites is 2. The zero-order valence-corrected chi connectivity index (χ0v) is 12.9. The maximum atomic E-state index is 13.0. The zero-order valence-electron chi connectivity index (χ0n) is 12.9. The number of amides is 1. The lowest BCUT2D eigenvalue weighted by atomic mass is 10.2. The summed E-state index contributed by atoms with van der Waals surface area (Å²) in [6.07, 6.45) is -0.803. The Balaban J connectivity index is 1.44. The molecule has 1 aromatic heterocycles. The fourth-order valence-electron chi connectivity index (χ4n) is 2.39. The van der Waals surface area contributed by atoms with Crippen molar-refractivity contribution in [1.82, 2.24) is 15.2 Å². The predicted octanol–water partition coefficient (Wildman–Crippen LogP) is 2.39. The molecule has 2 heterocycles. The van der Waals surface area contributed by atoms with E-state index in [0.29, 0.717) is 22.9 Å². The van der Waals surface area contributed by atoms with E-state index in [4.69, 9.17) is 9.47 Å². The van der Waals surface area contributed by atoms with Gasteiger partial charge in [0, 0.05) is 5.56 Å². The third-order valence-electron chi connectivity index (χ3n) is 3.64. The van der Waals surface area contributed by atoms with Crippen LogP contribution in [-0.4, -0.2) is 33.8 Å². The highest BCUT2D eigenvalue weighted by Crippen LogP contribution is 2.31. The van der Waals surface area contributed by atoms with Crippen molar-refractivity contribution >= 4 is 11.9 Å². The van der Waals surface area contributed by atoms with E-state index in [1.54, 1.807) is 30.3 Å². The molecule has 0 saturated heterocycles. The van der Waals surface area contributed by atoms with Crippen molar-refractivity contribution in [3.05, 3.63) is 54.3 Å². The lowest BCUT2D eigenvalue weighted by molar-refractivity contribution is -0.125. The molecule has 25 heavy (non-hydrogen) atoms. The Labute approximate surface area is 141 Å². The molecule has 1 aliphatic rings. The zero-order chi connectivity index (χ0) is 17.2. The smallest absolute Gasteiger partial charge is 0.271 e. The highest BCUT2D eigenvalue weighted by atomic mass is 19.1. The Morgan fingerprint density at radius 1 is 1.16 bits per heavy atom. The van der Waals surface area contributed by atoms with E-state index in [1.807, 2.05) is 6.07 Å². The second-order valence-corrected chi connectivity index (χ2v) is 5.37. The molecule has 2 N–H and O–H groups in total. The number of carbonyl (C=O) groups is 1. The molecule has 1 atom stereocenters. The number of benzene rings is 2. The van der Waals surface area contributed by atoms with Gasteiger partial charge in [-0.25, -0.2) is 4.39 Å². The highest BCUT2D eigenvalue weighted by molar-refractivity contribution is 5.93. The first-order valence-corrected chi connectivity index (χ1v) is 7.57. The van der Waals surface area contributed by atoms with Crippen LogP contribution in [0.5, 0.6) is 11.5 Å². The maximum Gasteiger partial charge on any atom is 0.271 e. The third kappa shape index (κ3) is 3.14. The van der Waals surface area contributed by atoms with Crippen molar-refractivity contribution in [1.29, 1.82) is 0 Å². The van der Waals surface area contributed by atoms with Gasteiger partial charge in [0.1, 0.15) is 12.4 Å². The summed E-state index contributed by atoms with van der Waals surface area (Å²) in [5.41, 5.74) is 0.653. The standard InChI is InChI=1S/C17H13FN4O3/c18-11-7-5-10(6-8-11)15-19-17(22-21-15)20-16(23)14-9-24-12-3-1-2-4-13(12)25-14/h1-8,14H,9H2,(H2,19,20,21,22,23)/t14-/m1/s1. The molecule has 7 nitrogen and oxygen atoms in total. The van der Waals surface area contributed by atoms with Gasteiger partial charge in [-0.1, -0.05) is 12.1 Å². The Morgan fingerprint density at radius 3 is 2.72 bits per heavy atom. The van der Waals surface area contributed by atoms with E-state index in [-0.39, 0.29) is 18.4 Å². The molecule has 0 spiro atoms. The quantitative estimate of drug-likeness (QED) is 0.764. The Kier molecular flexibility index (Phi) is 3.77. The number of carbonyl (C=O) groups excluding carboxylic acids is 1. The molecule has 1 aliphatic heterocycles. The van der Waals surface area contributed by atoms with Crippen LogP contribution in [0.4, 0.5) is 10.3 Å². The number of hydrogen-bond donors (Lipinski definition) is 2. The van der Waals surface area contributed by atoms with Crippen LogP contribution in [0.3, 0.4) is 0 Å². The normalized spacial score (nSPS) is 15.6. The molecule has 0 unspecified atom stereocenters. The summed E-state index contributed by atoms with van der Waals surface area (Å²) in [6.45, 7) is 0.0953. The van der Waals surface area contributed by atoms with Gasteiger partial charge in [0.15, 0.2) is 17.3 Å². The first-order chi connectivity index (χ1) is 12.2. The van der Waals surface area contributed by atoms with Gasteiger partial charge in [-0.15, -0.1) is 5.10 Å². The highest BCUT2D eigenvalue weighted by Gasteiger charge is 2.28. The molecular formula is C17H13FN4O3. The minimum atomic E-state index is -0.803. The van der Waals surface area contributed by atoms with Crippen molar-refractivity contribution in [3.8, 4) is 22.9 Å². The van der Waals surface area contributed by atoms with E-state index in [1.165, 1.54) is 12.1 Å². The lowest BCUT2D eigenvalue weighted by Crippen LogP contribution is -2.40. The van der Waals surface area contributed by atoms with Gasteiger partial charge in [0.25, 0.3) is 5.91 Å². The van der Waals surface area contributed by atoms with Gasteiger partial charge < -0.3 is 9.47 Å². The van der Waals surface area contributed by atoms with Crippen molar-refractivity contribution in [3.63, 3.8) is 0 Å². The number of rotatable bonds is 3. The van der Waals surface area contributed by atoms with Crippen molar-refractivity contribution in [2.75, 3.05) is 11.9 Å². The molecule has 4 rings (SSSR count). The van der Waals surface area contributed by atoms with E-state index >= 15 is 0 Å². The number of ether oxygens (including phenoxy) is 2. The summed E-state index contributed by atoms with van der Waals surface area (Å²) in [4.78, 5) is 16.5. The van der Waals surface area contributed by atoms with Gasteiger partial charge in [-0.2, -0.15) is 4.98 Å². The average molecular weight is 340 g/mol. The largest absolute Gasteiger partial charge is 0.485 e. The average Bonchev–Trinajstić information content (AvgIpc) is 3.10. The Bertz CT molecular complexity index is 910. The van der Waals surface area contributed by atoms with Crippen LogP contribution in [0, 0.1) is 5.82 Å². The molecule has 126 valence electrons. The van der Waals surface area contributed by atoms with Crippen LogP contribution in [0.25, 0.3) is 11.4 Å². The summed E-state index contributed by atoms with van der Waals surface area (Å²) >= 11 is 0. The number of aromatic amines is 1. The van der Waals surface area contributed by atoms with Crippen LogP contribution >= 0.6 is 0 Å². The topological polar surface area (TPSA) is 89.1 Å². The summed E-state index contributed by atoms with van der Waals surface area (Å²) < 4.78 is 24.1. The van der Waals surface area contributed by atoms with Gasteiger partial charge in [0.2, 0.25) is 12.1 Å². The molecule has 8 heteroatoms. The Morgan fingerprint density at radius 2 is 1.92 bits per heavy atom. The predicted molar refractivity (Wildman–Crippen MR) is 86.8 cm³/mol. The second-order valence-electron chi connectivity index (χ2n) is 5.37. The number of aromatic nitrogens is 3. The van der Waals surface area contributed by atoms with E-state index < -0.39 is 12.0 Å². The number of fused-ring (bicyclic) bond motifs is 1. The van der Waals surface area contributed by atoms with Crippen molar-refractivity contribution < 1.29 is 18.7 Å². The Hall–Kier alpha value is -3.42. The summed E-state index contributed by atoms with van der Waals surface area (Å²) in [5, 5.41) is 9.20. The first kappa shape index (κ1) is 15.1. The summed E-state index contributed by atoms with van der Waals surface area (Å²) in [7, 11) is 0. The minimum Gasteiger partial charge on any atom is -0.485 e. The molecule has 0 fully saturated rings. The third-order valence-corrected chi connectivity index (χ3v) is 3.64. The lowest BCUT2D eigenvalue weighted by Gasteiger charge is -2.25. The monoisotopic (exact) mass is 340 g/mol. The molecule has 1 amide bonds. The molecule has 3 aromatic rings. The number of anilines is 1. The van der Waals surface area contributed by atoms with Crippen LogP contribution in [-0.2, 0) is 4.79 Å². The second kappa shape index (κ2) is 6.23. The van der Waals surface area contributed by atoms with Crippen LogP contribution in [0.2, 0.25) is 0 Å². The molecule has 0 saturated carbocycles. The van der Waals surface area contributed by atoms with Crippen molar-refractivity contribution in [2.45, 2.75) is 6.10 Å². The van der Waals surface area contributed by atoms with E-state index in [2.05, 4.69) is 20.5 Å². The molecule has 0 aliphatic carbocycles. The summed E-state index contributed by atoms with van der Waals surface area (Å²) in [5.74, 6) is 0.873. The number of hydrogen-bond acceptors (Lipinski definition) is 5. The fraction of sp³-hybridized carbons (Fsp3) is 0.118. The van der Waals surface area contributed by atoms with Crippen molar-refractivity contribution in [2.24, 2.45) is 0 Å². The van der Waals surface area contributed by atoms with Gasteiger partial charge in [0.05, 0.1) is 0 Å². The molecule has 2 aromatic carbocycles. The number of H-pyrrole nitrogens is 1. The number of nitrogens with zero attached hydrogens (tertiary/aromatic N) is 2. The van der Waals surface area contributed by atoms with Crippen LogP contribution in [0.15, 0.2) is 48.5 Å². The first-order valence-electron chi connectivity index (χ1n) is 7.57. The molecule has 0 radical (unpaired) electrons. The number of nitrogens with one attached hydrogen (secondary N) is 2. The van der Waals surface area contributed by atoms with E-state index in [9.17, 15) is 9.18 Å². The fourth-order valence-corrected chi connectivity index (χ4v) is 2.39. The van der Waals surface area contributed by atoms with E-state index in [0.717, 1.165) is 0 Å². The SMILES string of the molecule is O=C(Nc1n[nH]c(-c2ccc(F)cc2)n1)[C@H]1COc2ccccc2O1. The molecule has 0 bridgehead atoms. The van der Waals surface area contributed by atoms with Crippen LogP contribution < -0.4 is 14.8 Å².